The van der Waals surface area contributed by atoms with Gasteiger partial charge in [0.15, 0.2) is 6.10 Å². The van der Waals surface area contributed by atoms with Gasteiger partial charge in [0.1, 0.15) is 5.75 Å². The third-order valence-corrected chi connectivity index (χ3v) is 2.10. The minimum atomic E-state index is -0.964. The molecule has 0 bridgehead atoms. The van der Waals surface area contributed by atoms with Gasteiger partial charge in [-0.05, 0) is 19.4 Å². The summed E-state index contributed by atoms with van der Waals surface area (Å²) in [6.45, 7) is 3.56. The number of carboxylic acid groups (broad SMARTS) is 1. The van der Waals surface area contributed by atoms with Gasteiger partial charge in [-0.25, -0.2) is 4.79 Å². The van der Waals surface area contributed by atoms with Crippen LogP contribution in [0.2, 0.25) is 0 Å². The quantitative estimate of drug-likeness (QED) is 0.829. The van der Waals surface area contributed by atoms with Gasteiger partial charge in [-0.3, -0.25) is 0 Å². The van der Waals surface area contributed by atoms with E-state index in [1.807, 2.05) is 37.3 Å². The number of ether oxygens (including phenoxy) is 1. The molecule has 1 atom stereocenters. The normalized spacial score (nSPS) is 12.6. The molecule has 0 heterocycles. The molecule has 0 amide bonds. The Morgan fingerprint density at radius 1 is 1.50 bits per heavy atom. The fourth-order valence-electron chi connectivity index (χ4n) is 1.21. The van der Waals surface area contributed by atoms with Crippen LogP contribution in [0.1, 0.15) is 25.8 Å². The summed E-state index contributed by atoms with van der Waals surface area (Å²) in [4.78, 5) is 10.7. The smallest absolute Gasteiger partial charge is 0.344 e. The lowest BCUT2D eigenvalue weighted by Gasteiger charge is -2.12. The molecule has 1 unspecified atom stereocenters. The Morgan fingerprint density at radius 3 is 2.81 bits per heavy atom. The van der Waals surface area contributed by atoms with E-state index in [1.54, 1.807) is 6.07 Å². The number of hydrogen-bond acceptors (Lipinski definition) is 2. The summed E-state index contributed by atoms with van der Waals surface area (Å²) in [5.41, 5.74) is 0.900. The summed E-state index contributed by atoms with van der Waals surface area (Å²) in [7, 11) is 0. The zero-order chi connectivity index (χ0) is 12.0. The third-order valence-electron chi connectivity index (χ3n) is 2.10. The van der Waals surface area contributed by atoms with E-state index in [4.69, 9.17) is 9.84 Å². The second-order valence-electron chi connectivity index (χ2n) is 3.45. The average Bonchev–Trinajstić information content (AvgIpc) is 2.27. The summed E-state index contributed by atoms with van der Waals surface area (Å²) >= 11 is 0. The molecule has 3 heteroatoms. The van der Waals surface area contributed by atoms with Crippen molar-refractivity contribution >= 4 is 12.0 Å². The van der Waals surface area contributed by atoms with Crippen molar-refractivity contribution in [1.82, 2.24) is 0 Å². The fourth-order valence-corrected chi connectivity index (χ4v) is 1.21. The number of carboxylic acids is 1. The van der Waals surface area contributed by atoms with Crippen LogP contribution in [0.3, 0.4) is 0 Å². The zero-order valence-electron chi connectivity index (χ0n) is 9.51. The molecule has 0 aliphatic heterocycles. The highest BCUT2D eigenvalue weighted by Gasteiger charge is 2.13. The molecule has 0 saturated heterocycles. The largest absolute Gasteiger partial charge is 0.479 e. The van der Waals surface area contributed by atoms with E-state index in [0.717, 1.165) is 12.0 Å². The predicted octanol–water partition coefficient (Wildman–Crippen LogP) is 2.96. The van der Waals surface area contributed by atoms with Crippen molar-refractivity contribution in [1.29, 1.82) is 0 Å². The van der Waals surface area contributed by atoms with E-state index in [9.17, 15) is 4.79 Å². The van der Waals surface area contributed by atoms with Gasteiger partial charge in [0.05, 0.1) is 0 Å². The second kappa shape index (κ2) is 5.95. The lowest BCUT2D eigenvalue weighted by molar-refractivity contribution is -0.144. The number of benzene rings is 1. The van der Waals surface area contributed by atoms with Crippen molar-refractivity contribution in [3.8, 4) is 5.75 Å². The molecule has 3 nitrogen and oxygen atoms in total. The first-order chi connectivity index (χ1) is 7.65. The molecular weight excluding hydrogens is 204 g/mol. The monoisotopic (exact) mass is 220 g/mol. The Hall–Kier alpha value is -1.77. The molecule has 0 fully saturated rings. The van der Waals surface area contributed by atoms with Crippen LogP contribution in [-0.4, -0.2) is 17.2 Å². The standard InChI is InChI=1S/C13H16O3/c1-3-4-7-11-8-5-6-9-12(11)16-10(2)13(14)15/h4-10H,3H2,1-2H3,(H,14,15)/b7-4+. The zero-order valence-corrected chi connectivity index (χ0v) is 9.51. The maximum atomic E-state index is 10.7. The van der Waals surface area contributed by atoms with Crippen molar-refractivity contribution in [2.75, 3.05) is 0 Å². The van der Waals surface area contributed by atoms with Crippen LogP contribution in [0.5, 0.6) is 5.75 Å². The molecule has 1 aromatic carbocycles. The van der Waals surface area contributed by atoms with Crippen LogP contribution in [0.25, 0.3) is 6.08 Å². The minimum Gasteiger partial charge on any atom is -0.479 e. The van der Waals surface area contributed by atoms with E-state index in [0.29, 0.717) is 5.75 Å². The molecule has 1 rings (SSSR count). The Bertz CT molecular complexity index is 383. The third kappa shape index (κ3) is 3.42. The fraction of sp³-hybridized carbons (Fsp3) is 0.308. The Balaban J connectivity index is 2.86. The average molecular weight is 220 g/mol. The number of allylic oxidation sites excluding steroid dienone is 1. The first-order valence-electron chi connectivity index (χ1n) is 5.30. The maximum absolute atomic E-state index is 10.7. The number of aliphatic carboxylic acids is 1. The van der Waals surface area contributed by atoms with Gasteiger partial charge in [0, 0.05) is 5.56 Å². The van der Waals surface area contributed by atoms with E-state index >= 15 is 0 Å². The van der Waals surface area contributed by atoms with Crippen molar-refractivity contribution in [3.63, 3.8) is 0 Å². The minimum absolute atomic E-state index is 0.599. The lowest BCUT2D eigenvalue weighted by atomic mass is 10.2. The SMILES string of the molecule is CC/C=C/c1ccccc1OC(C)C(=O)O. The van der Waals surface area contributed by atoms with Gasteiger partial charge in [-0.1, -0.05) is 37.3 Å². The first kappa shape index (κ1) is 12.3. The molecule has 0 saturated carbocycles. The Morgan fingerprint density at radius 2 is 2.19 bits per heavy atom. The van der Waals surface area contributed by atoms with Crippen LogP contribution in [0, 0.1) is 0 Å². The summed E-state index contributed by atoms with van der Waals surface area (Å²) in [6, 6.07) is 7.39. The van der Waals surface area contributed by atoms with Crippen LogP contribution >= 0.6 is 0 Å². The van der Waals surface area contributed by atoms with Crippen LogP contribution in [0.15, 0.2) is 30.3 Å². The molecule has 1 N–H and O–H groups in total. The highest BCUT2D eigenvalue weighted by molar-refractivity contribution is 5.72. The molecule has 0 radical (unpaired) electrons. The van der Waals surface area contributed by atoms with Crippen LogP contribution in [-0.2, 0) is 4.79 Å². The highest BCUT2D eigenvalue weighted by atomic mass is 16.5. The van der Waals surface area contributed by atoms with Crippen molar-refractivity contribution in [3.05, 3.63) is 35.9 Å². The van der Waals surface area contributed by atoms with E-state index < -0.39 is 12.1 Å². The summed E-state index contributed by atoms with van der Waals surface area (Å²) < 4.78 is 5.35. The molecule has 1 aromatic rings. The van der Waals surface area contributed by atoms with E-state index in [1.165, 1.54) is 6.92 Å². The van der Waals surface area contributed by atoms with Crippen molar-refractivity contribution in [2.24, 2.45) is 0 Å². The van der Waals surface area contributed by atoms with Crippen LogP contribution in [0.4, 0.5) is 0 Å². The molecular formula is C13H16O3. The number of para-hydroxylation sites is 1. The van der Waals surface area contributed by atoms with Crippen molar-refractivity contribution in [2.45, 2.75) is 26.4 Å². The van der Waals surface area contributed by atoms with Gasteiger partial charge in [0.25, 0.3) is 0 Å². The molecule has 0 aliphatic rings. The molecule has 16 heavy (non-hydrogen) atoms. The summed E-state index contributed by atoms with van der Waals surface area (Å²) in [5, 5.41) is 8.77. The van der Waals surface area contributed by atoms with Gasteiger partial charge >= 0.3 is 5.97 Å². The molecule has 0 aliphatic carbocycles. The van der Waals surface area contributed by atoms with E-state index in [-0.39, 0.29) is 0 Å². The van der Waals surface area contributed by atoms with Gasteiger partial charge in [-0.2, -0.15) is 0 Å². The Kier molecular flexibility index (Phi) is 4.58. The second-order valence-corrected chi connectivity index (χ2v) is 3.45. The summed E-state index contributed by atoms with van der Waals surface area (Å²) in [5.74, 6) is -0.364. The predicted molar refractivity (Wildman–Crippen MR) is 63.5 cm³/mol. The number of carbonyl (C=O) groups is 1. The Labute approximate surface area is 95.4 Å². The summed E-state index contributed by atoms with van der Waals surface area (Å²) in [6.07, 6.45) is 4.04. The molecule has 0 spiro atoms. The first-order valence-corrected chi connectivity index (χ1v) is 5.30. The topological polar surface area (TPSA) is 46.5 Å². The van der Waals surface area contributed by atoms with Crippen LogP contribution < -0.4 is 4.74 Å². The molecule has 86 valence electrons. The van der Waals surface area contributed by atoms with Gasteiger partial charge in [0.2, 0.25) is 0 Å². The number of rotatable bonds is 5. The lowest BCUT2D eigenvalue weighted by Crippen LogP contribution is -2.23. The number of hydrogen-bond donors (Lipinski definition) is 1. The highest BCUT2D eigenvalue weighted by Crippen LogP contribution is 2.20. The van der Waals surface area contributed by atoms with Gasteiger partial charge < -0.3 is 9.84 Å². The molecule has 0 aromatic heterocycles. The van der Waals surface area contributed by atoms with E-state index in [2.05, 4.69) is 0 Å². The van der Waals surface area contributed by atoms with Gasteiger partial charge in [-0.15, -0.1) is 0 Å². The maximum Gasteiger partial charge on any atom is 0.344 e. The van der Waals surface area contributed by atoms with Crippen molar-refractivity contribution < 1.29 is 14.6 Å².